The van der Waals surface area contributed by atoms with Gasteiger partial charge in [-0.1, -0.05) is 11.2 Å². The lowest BCUT2D eigenvalue weighted by molar-refractivity contribution is -0.117. The molecular weight excluding hydrogens is 436 g/mol. The molecule has 3 aromatic rings. The Labute approximate surface area is 198 Å². The standard InChI is InChI=1S/C25H28N4O5/c1-15-23(16(2)34-27-15)18-11-19-20(12-21(18)32-6)28(13-17-9-7-8-10-26-17)22(30)14-29(19)24(31)33-25(3,4)5/h7-12H,13-14H2,1-6H3. The summed E-state index contributed by atoms with van der Waals surface area (Å²) in [6, 6.07) is 9.11. The van der Waals surface area contributed by atoms with Gasteiger partial charge in [-0.05, 0) is 52.8 Å². The van der Waals surface area contributed by atoms with Crippen LogP contribution in [0.1, 0.15) is 37.9 Å². The van der Waals surface area contributed by atoms with Crippen LogP contribution >= 0.6 is 0 Å². The lowest BCUT2D eigenvalue weighted by Crippen LogP contribution is -2.49. The summed E-state index contributed by atoms with van der Waals surface area (Å²) in [6.07, 6.45) is 1.08. The second-order valence-corrected chi connectivity index (χ2v) is 9.11. The van der Waals surface area contributed by atoms with Crippen LogP contribution < -0.4 is 14.5 Å². The van der Waals surface area contributed by atoms with E-state index in [1.54, 1.807) is 45.0 Å². The van der Waals surface area contributed by atoms with Gasteiger partial charge in [0, 0.05) is 17.8 Å². The summed E-state index contributed by atoms with van der Waals surface area (Å²) in [6.45, 7) is 9.10. The van der Waals surface area contributed by atoms with Gasteiger partial charge in [0.05, 0.1) is 42.0 Å². The van der Waals surface area contributed by atoms with Crippen LogP contribution in [-0.2, 0) is 16.1 Å². The predicted octanol–water partition coefficient (Wildman–Crippen LogP) is 4.65. The van der Waals surface area contributed by atoms with Gasteiger partial charge in [-0.15, -0.1) is 0 Å². The summed E-state index contributed by atoms with van der Waals surface area (Å²) < 4.78 is 16.7. The van der Waals surface area contributed by atoms with Crippen LogP contribution in [0.4, 0.5) is 16.2 Å². The number of nitrogens with zero attached hydrogens (tertiary/aromatic N) is 4. The highest BCUT2D eigenvalue weighted by Crippen LogP contribution is 2.45. The molecule has 2 amide bonds. The highest BCUT2D eigenvalue weighted by Gasteiger charge is 2.37. The Kier molecular flexibility index (Phi) is 6.03. The van der Waals surface area contributed by atoms with Crippen molar-refractivity contribution < 1.29 is 23.6 Å². The zero-order chi connectivity index (χ0) is 24.6. The maximum atomic E-state index is 13.2. The average molecular weight is 465 g/mol. The Hall–Kier alpha value is -3.88. The van der Waals surface area contributed by atoms with Gasteiger partial charge < -0.3 is 18.9 Å². The minimum Gasteiger partial charge on any atom is -0.496 e. The van der Waals surface area contributed by atoms with Gasteiger partial charge in [0.15, 0.2) is 0 Å². The lowest BCUT2D eigenvalue weighted by atomic mass is 9.99. The summed E-state index contributed by atoms with van der Waals surface area (Å²) in [5.41, 5.74) is 3.23. The average Bonchev–Trinajstić information content (AvgIpc) is 3.11. The number of fused-ring (bicyclic) bond motifs is 1. The minimum atomic E-state index is -0.720. The Morgan fingerprint density at radius 2 is 1.94 bits per heavy atom. The molecule has 0 saturated heterocycles. The number of aryl methyl sites for hydroxylation is 2. The fourth-order valence-corrected chi connectivity index (χ4v) is 3.97. The van der Waals surface area contributed by atoms with Gasteiger partial charge in [-0.25, -0.2) is 4.79 Å². The first-order chi connectivity index (χ1) is 16.1. The molecule has 9 nitrogen and oxygen atoms in total. The SMILES string of the molecule is COc1cc2c(cc1-c1c(C)noc1C)N(C(=O)OC(C)(C)C)CC(=O)N2Cc1ccccn1. The van der Waals surface area contributed by atoms with Gasteiger partial charge in [0.1, 0.15) is 23.7 Å². The molecule has 0 saturated carbocycles. The monoisotopic (exact) mass is 464 g/mol. The smallest absolute Gasteiger partial charge is 0.415 e. The summed E-state index contributed by atoms with van der Waals surface area (Å²) in [7, 11) is 1.56. The van der Waals surface area contributed by atoms with Crippen molar-refractivity contribution in [3.8, 4) is 16.9 Å². The first-order valence-electron chi connectivity index (χ1n) is 10.9. The molecule has 0 unspecified atom stereocenters. The van der Waals surface area contributed by atoms with Crippen molar-refractivity contribution in [2.24, 2.45) is 0 Å². The van der Waals surface area contributed by atoms with Crippen LogP contribution in [-0.4, -0.2) is 41.4 Å². The molecule has 4 rings (SSSR count). The maximum Gasteiger partial charge on any atom is 0.415 e. The fraction of sp³-hybridized carbons (Fsp3) is 0.360. The number of carbonyl (C=O) groups is 2. The molecule has 0 fully saturated rings. The van der Waals surface area contributed by atoms with Crippen molar-refractivity contribution >= 4 is 23.4 Å². The quantitative estimate of drug-likeness (QED) is 0.554. The van der Waals surface area contributed by atoms with Gasteiger partial charge in [0.25, 0.3) is 0 Å². The number of aromatic nitrogens is 2. The molecule has 0 radical (unpaired) electrons. The van der Waals surface area contributed by atoms with Crippen molar-refractivity contribution in [3.05, 3.63) is 53.7 Å². The number of hydrogen-bond acceptors (Lipinski definition) is 7. The van der Waals surface area contributed by atoms with Crippen LogP contribution in [0.2, 0.25) is 0 Å². The summed E-state index contributed by atoms with van der Waals surface area (Å²) >= 11 is 0. The van der Waals surface area contributed by atoms with Crippen LogP contribution in [0.15, 0.2) is 41.1 Å². The molecule has 9 heteroatoms. The van der Waals surface area contributed by atoms with E-state index in [-0.39, 0.29) is 19.0 Å². The number of amides is 2. The van der Waals surface area contributed by atoms with Crippen LogP contribution in [0, 0.1) is 13.8 Å². The third-order valence-corrected chi connectivity index (χ3v) is 5.44. The molecule has 1 aromatic carbocycles. The number of anilines is 2. The van der Waals surface area contributed by atoms with Gasteiger partial charge in [-0.3, -0.25) is 14.7 Å². The van der Waals surface area contributed by atoms with Crippen molar-refractivity contribution in [3.63, 3.8) is 0 Å². The second-order valence-electron chi connectivity index (χ2n) is 9.11. The van der Waals surface area contributed by atoms with Crippen LogP contribution in [0.3, 0.4) is 0 Å². The lowest BCUT2D eigenvalue weighted by Gasteiger charge is -2.37. The van der Waals surface area contributed by atoms with Crippen molar-refractivity contribution in [2.45, 2.75) is 46.8 Å². The molecule has 1 aliphatic heterocycles. The molecule has 0 bridgehead atoms. The Morgan fingerprint density at radius 1 is 1.18 bits per heavy atom. The highest BCUT2D eigenvalue weighted by atomic mass is 16.6. The third kappa shape index (κ3) is 4.46. The van der Waals surface area contributed by atoms with E-state index in [1.807, 2.05) is 38.1 Å². The van der Waals surface area contributed by atoms with E-state index >= 15 is 0 Å². The number of hydrogen-bond donors (Lipinski definition) is 0. The largest absolute Gasteiger partial charge is 0.496 e. The molecule has 34 heavy (non-hydrogen) atoms. The zero-order valence-corrected chi connectivity index (χ0v) is 20.2. The van der Waals surface area contributed by atoms with E-state index in [0.717, 1.165) is 11.3 Å². The summed E-state index contributed by atoms with van der Waals surface area (Å²) in [5, 5.41) is 4.06. The van der Waals surface area contributed by atoms with Gasteiger partial charge >= 0.3 is 6.09 Å². The summed E-state index contributed by atoms with van der Waals surface area (Å²) in [4.78, 5) is 33.7. The topological polar surface area (TPSA) is 98.0 Å². The molecule has 0 spiro atoms. The molecule has 2 aromatic heterocycles. The Bertz CT molecular complexity index is 1210. The van der Waals surface area contributed by atoms with Gasteiger partial charge in [0.2, 0.25) is 5.91 Å². The Morgan fingerprint density at radius 3 is 2.53 bits per heavy atom. The van der Waals surface area contributed by atoms with Crippen LogP contribution in [0.5, 0.6) is 5.75 Å². The molecule has 0 aliphatic carbocycles. The predicted molar refractivity (Wildman–Crippen MR) is 127 cm³/mol. The molecule has 3 heterocycles. The first-order valence-corrected chi connectivity index (χ1v) is 10.9. The number of ether oxygens (including phenoxy) is 2. The Balaban J connectivity index is 1.89. The first kappa shape index (κ1) is 23.3. The van der Waals surface area contributed by atoms with E-state index in [1.165, 1.54) is 4.90 Å². The molecule has 0 atom stereocenters. The number of pyridine rings is 1. The van der Waals surface area contributed by atoms with E-state index in [2.05, 4.69) is 10.1 Å². The number of benzene rings is 1. The molecular formula is C25H28N4O5. The maximum absolute atomic E-state index is 13.2. The fourth-order valence-electron chi connectivity index (χ4n) is 3.97. The number of rotatable bonds is 4. The minimum absolute atomic E-state index is 0.165. The van der Waals surface area contributed by atoms with E-state index < -0.39 is 11.7 Å². The van der Waals surface area contributed by atoms with E-state index in [0.29, 0.717) is 34.1 Å². The summed E-state index contributed by atoms with van der Waals surface area (Å²) in [5.74, 6) is 0.894. The van der Waals surface area contributed by atoms with Crippen molar-refractivity contribution in [1.82, 2.24) is 10.1 Å². The second kappa shape index (κ2) is 8.81. The number of carbonyl (C=O) groups excluding carboxylic acids is 2. The molecule has 178 valence electrons. The third-order valence-electron chi connectivity index (χ3n) is 5.44. The molecule has 1 aliphatic rings. The van der Waals surface area contributed by atoms with Gasteiger partial charge in [-0.2, -0.15) is 0 Å². The normalized spacial score (nSPS) is 13.6. The van der Waals surface area contributed by atoms with E-state index in [9.17, 15) is 9.59 Å². The molecule has 0 N–H and O–H groups in total. The van der Waals surface area contributed by atoms with E-state index in [4.69, 9.17) is 14.0 Å². The number of methoxy groups -OCH3 is 1. The van der Waals surface area contributed by atoms with Crippen molar-refractivity contribution in [1.29, 1.82) is 0 Å². The van der Waals surface area contributed by atoms with Crippen LogP contribution in [0.25, 0.3) is 11.1 Å². The van der Waals surface area contributed by atoms with Crippen molar-refractivity contribution in [2.75, 3.05) is 23.5 Å². The highest BCUT2D eigenvalue weighted by molar-refractivity contribution is 6.10. The zero-order valence-electron chi connectivity index (χ0n) is 20.2.